The fourth-order valence-corrected chi connectivity index (χ4v) is 1.63. The van der Waals surface area contributed by atoms with E-state index in [1.54, 1.807) is 18.3 Å². The molecule has 0 bridgehead atoms. The molecule has 0 radical (unpaired) electrons. The molecule has 0 aliphatic rings. The minimum absolute atomic E-state index is 0.0891. The van der Waals surface area contributed by atoms with Crippen molar-refractivity contribution in [1.29, 1.82) is 0 Å². The van der Waals surface area contributed by atoms with Crippen LogP contribution in [-0.2, 0) is 6.54 Å². The first kappa shape index (κ1) is 11.4. The predicted molar refractivity (Wildman–Crippen MR) is 65.4 cm³/mol. The second-order valence-corrected chi connectivity index (χ2v) is 4.01. The third-order valence-electron chi connectivity index (χ3n) is 2.60. The second kappa shape index (κ2) is 4.41. The summed E-state index contributed by atoms with van der Waals surface area (Å²) < 4.78 is 14.4. The molecule has 0 amide bonds. The van der Waals surface area contributed by atoms with Crippen molar-refractivity contribution < 1.29 is 4.39 Å². The molecule has 0 atom stereocenters. The molecule has 2 N–H and O–H groups in total. The van der Waals surface area contributed by atoms with Crippen molar-refractivity contribution in [3.63, 3.8) is 0 Å². The highest BCUT2D eigenvalue weighted by Crippen LogP contribution is 2.14. The summed E-state index contributed by atoms with van der Waals surface area (Å²) in [7, 11) is 0. The molecular weight excluding hydrogens is 219 g/mol. The molecule has 4 heteroatoms. The summed E-state index contributed by atoms with van der Waals surface area (Å²) in [5.41, 5.74) is 7.61. The average molecular weight is 232 g/mol. The summed E-state index contributed by atoms with van der Waals surface area (Å²) in [6.07, 6.45) is 1.71. The van der Waals surface area contributed by atoms with Crippen LogP contribution in [0.3, 0.4) is 0 Å². The number of hydrogen-bond acceptors (Lipinski definition) is 2. The quantitative estimate of drug-likeness (QED) is 0.804. The third kappa shape index (κ3) is 2.53. The van der Waals surface area contributed by atoms with Gasteiger partial charge in [-0.15, -0.1) is 0 Å². The van der Waals surface area contributed by atoms with E-state index in [0.29, 0.717) is 12.2 Å². The largest absolute Gasteiger partial charge is 0.398 e. The minimum atomic E-state index is -0.373. The summed E-state index contributed by atoms with van der Waals surface area (Å²) >= 11 is 0. The Bertz CT molecular complexity index is 605. The van der Waals surface area contributed by atoms with Gasteiger partial charge in [0.2, 0.25) is 0 Å². The smallest absolute Gasteiger partial charge is 0.251 e. The van der Waals surface area contributed by atoms with E-state index in [0.717, 1.165) is 11.1 Å². The Labute approximate surface area is 98.3 Å². The van der Waals surface area contributed by atoms with E-state index in [9.17, 15) is 9.18 Å². The van der Waals surface area contributed by atoms with Gasteiger partial charge in [-0.3, -0.25) is 4.79 Å². The van der Waals surface area contributed by atoms with Crippen molar-refractivity contribution in [1.82, 2.24) is 4.57 Å². The van der Waals surface area contributed by atoms with Crippen LogP contribution in [0.2, 0.25) is 0 Å². The third-order valence-corrected chi connectivity index (χ3v) is 2.60. The van der Waals surface area contributed by atoms with Crippen LogP contribution in [-0.4, -0.2) is 4.57 Å². The highest BCUT2D eigenvalue weighted by molar-refractivity contribution is 5.46. The van der Waals surface area contributed by atoms with Crippen LogP contribution in [0, 0.1) is 12.7 Å². The first-order valence-corrected chi connectivity index (χ1v) is 5.27. The van der Waals surface area contributed by atoms with Gasteiger partial charge in [-0.25, -0.2) is 4.39 Å². The molecule has 0 fully saturated rings. The van der Waals surface area contributed by atoms with Crippen molar-refractivity contribution in [2.24, 2.45) is 0 Å². The van der Waals surface area contributed by atoms with Gasteiger partial charge in [0.05, 0.1) is 6.54 Å². The van der Waals surface area contributed by atoms with Gasteiger partial charge >= 0.3 is 0 Å². The molecule has 2 aromatic rings. The van der Waals surface area contributed by atoms with Crippen LogP contribution >= 0.6 is 0 Å². The topological polar surface area (TPSA) is 48.0 Å². The van der Waals surface area contributed by atoms with E-state index in [1.807, 2.05) is 13.0 Å². The Hall–Kier alpha value is -2.10. The minimum Gasteiger partial charge on any atom is -0.398 e. The number of anilines is 1. The lowest BCUT2D eigenvalue weighted by atomic mass is 10.1. The van der Waals surface area contributed by atoms with Gasteiger partial charge in [0.1, 0.15) is 5.82 Å². The lowest BCUT2D eigenvalue weighted by Gasteiger charge is -2.08. The van der Waals surface area contributed by atoms with E-state index in [2.05, 4.69) is 0 Å². The molecule has 1 aromatic heterocycles. The van der Waals surface area contributed by atoms with Gasteiger partial charge in [0.15, 0.2) is 0 Å². The fraction of sp³-hybridized carbons (Fsp3) is 0.154. The number of nitrogens with two attached hydrogens (primary N) is 1. The first-order valence-electron chi connectivity index (χ1n) is 5.27. The zero-order chi connectivity index (χ0) is 12.4. The average Bonchev–Trinajstić information content (AvgIpc) is 2.25. The van der Waals surface area contributed by atoms with Crippen molar-refractivity contribution in [3.05, 3.63) is 63.8 Å². The maximum Gasteiger partial charge on any atom is 0.251 e. The summed E-state index contributed by atoms with van der Waals surface area (Å²) in [4.78, 5) is 11.7. The van der Waals surface area contributed by atoms with Gasteiger partial charge in [-0.2, -0.15) is 0 Å². The molecule has 2 rings (SSSR count). The lowest BCUT2D eigenvalue weighted by Crippen LogP contribution is -2.19. The number of rotatable bonds is 2. The van der Waals surface area contributed by atoms with E-state index in [1.165, 1.54) is 16.7 Å². The molecule has 88 valence electrons. The number of halogens is 1. The highest BCUT2D eigenvalue weighted by atomic mass is 19.1. The molecule has 1 heterocycles. The van der Waals surface area contributed by atoms with E-state index >= 15 is 0 Å². The Kier molecular flexibility index (Phi) is 2.95. The molecule has 0 aliphatic carbocycles. The number of aromatic nitrogens is 1. The highest BCUT2D eigenvalue weighted by Gasteiger charge is 2.03. The van der Waals surface area contributed by atoms with Gasteiger partial charge in [0.25, 0.3) is 5.56 Å². The van der Waals surface area contributed by atoms with Gasteiger partial charge in [0, 0.05) is 18.0 Å². The second-order valence-electron chi connectivity index (χ2n) is 4.01. The van der Waals surface area contributed by atoms with E-state index < -0.39 is 0 Å². The molecule has 0 unspecified atom stereocenters. The van der Waals surface area contributed by atoms with Crippen LogP contribution in [0.15, 0.2) is 41.3 Å². The molecule has 3 nitrogen and oxygen atoms in total. The summed E-state index contributed by atoms with van der Waals surface area (Å²) in [5, 5.41) is 0. The standard InChI is InChI=1S/C13H13FN2O/c1-9-4-5-16(13(17)6-9)8-10-2-3-11(14)7-12(10)15/h2-7H,8,15H2,1H3. The molecular formula is C13H13FN2O. The van der Waals surface area contributed by atoms with E-state index in [-0.39, 0.29) is 11.4 Å². The number of aryl methyl sites for hydroxylation is 1. The molecule has 17 heavy (non-hydrogen) atoms. The van der Waals surface area contributed by atoms with Gasteiger partial charge in [-0.1, -0.05) is 6.07 Å². The number of benzene rings is 1. The van der Waals surface area contributed by atoms with Crippen molar-refractivity contribution in [2.75, 3.05) is 5.73 Å². The monoisotopic (exact) mass is 232 g/mol. The van der Waals surface area contributed by atoms with Crippen LogP contribution in [0.5, 0.6) is 0 Å². The van der Waals surface area contributed by atoms with Crippen LogP contribution in [0.25, 0.3) is 0 Å². The molecule has 0 spiro atoms. The maximum atomic E-state index is 12.9. The van der Waals surface area contributed by atoms with Gasteiger partial charge in [-0.05, 0) is 36.2 Å². The number of nitrogen functional groups attached to an aromatic ring is 1. The first-order chi connectivity index (χ1) is 8.06. The summed E-state index contributed by atoms with van der Waals surface area (Å²) in [5.74, 6) is -0.373. The lowest BCUT2D eigenvalue weighted by molar-refractivity contribution is 0.627. The van der Waals surface area contributed by atoms with Crippen molar-refractivity contribution >= 4 is 5.69 Å². The van der Waals surface area contributed by atoms with Crippen LogP contribution in [0.1, 0.15) is 11.1 Å². The van der Waals surface area contributed by atoms with Crippen LogP contribution < -0.4 is 11.3 Å². The zero-order valence-corrected chi connectivity index (χ0v) is 9.48. The van der Waals surface area contributed by atoms with E-state index in [4.69, 9.17) is 5.73 Å². The molecule has 0 aliphatic heterocycles. The summed E-state index contributed by atoms with van der Waals surface area (Å²) in [6, 6.07) is 7.59. The van der Waals surface area contributed by atoms with Crippen LogP contribution in [0.4, 0.5) is 10.1 Å². The maximum absolute atomic E-state index is 12.9. The fourth-order valence-electron chi connectivity index (χ4n) is 1.63. The summed E-state index contributed by atoms with van der Waals surface area (Å²) in [6.45, 7) is 2.21. The molecule has 0 saturated carbocycles. The number of nitrogens with zero attached hydrogens (tertiary/aromatic N) is 1. The van der Waals surface area contributed by atoms with Gasteiger partial charge < -0.3 is 10.3 Å². The zero-order valence-electron chi connectivity index (χ0n) is 9.48. The predicted octanol–water partition coefficient (Wildman–Crippen LogP) is 1.93. The normalized spacial score (nSPS) is 10.5. The van der Waals surface area contributed by atoms with Crippen molar-refractivity contribution in [3.8, 4) is 0 Å². The molecule has 0 saturated heterocycles. The Morgan fingerprint density at radius 3 is 2.71 bits per heavy atom. The SMILES string of the molecule is Cc1ccn(Cc2ccc(F)cc2N)c(=O)c1. The van der Waals surface area contributed by atoms with Crippen molar-refractivity contribution in [2.45, 2.75) is 13.5 Å². The number of hydrogen-bond donors (Lipinski definition) is 1. The Balaban J connectivity index is 2.35. The Morgan fingerprint density at radius 2 is 2.06 bits per heavy atom. The number of pyridine rings is 1. The molecule has 1 aromatic carbocycles. The Morgan fingerprint density at radius 1 is 1.29 bits per heavy atom.